The molecule has 0 radical (unpaired) electrons. The zero-order valence-corrected chi connectivity index (χ0v) is 10.6. The third-order valence-electron chi connectivity index (χ3n) is 3.11. The van der Waals surface area contributed by atoms with Crippen molar-refractivity contribution in [3.05, 3.63) is 34.3 Å². The Morgan fingerprint density at radius 1 is 1.53 bits per heavy atom. The van der Waals surface area contributed by atoms with Gasteiger partial charge in [-0.25, -0.2) is 4.79 Å². The van der Waals surface area contributed by atoms with Gasteiger partial charge in [0.2, 0.25) is 0 Å². The van der Waals surface area contributed by atoms with Crippen molar-refractivity contribution in [1.82, 2.24) is 4.57 Å². The summed E-state index contributed by atoms with van der Waals surface area (Å²) in [5.41, 5.74) is 7.96. The minimum atomic E-state index is -0.870. The van der Waals surface area contributed by atoms with Gasteiger partial charge in [-0.05, 0) is 31.0 Å². The van der Waals surface area contributed by atoms with Crippen LogP contribution in [-0.4, -0.2) is 15.6 Å². The van der Waals surface area contributed by atoms with E-state index in [1.54, 1.807) is 18.2 Å². The minimum Gasteiger partial charge on any atom is -0.481 e. The van der Waals surface area contributed by atoms with Gasteiger partial charge < -0.3 is 15.3 Å². The number of carboxylic acids is 1. The highest BCUT2D eigenvalue weighted by Gasteiger charge is 2.13. The number of carbonyl (C=O) groups is 1. The number of nitrogens with zero attached hydrogens (tertiary/aromatic N) is 1. The summed E-state index contributed by atoms with van der Waals surface area (Å²) in [4.78, 5) is 22.1. The molecule has 0 bridgehead atoms. The molecule has 2 aromatic rings. The van der Waals surface area contributed by atoms with Crippen LogP contribution in [0.25, 0.3) is 11.1 Å². The molecule has 19 heavy (non-hydrogen) atoms. The number of aliphatic carboxylic acids is 1. The van der Waals surface area contributed by atoms with Gasteiger partial charge in [0, 0.05) is 19.0 Å². The second-order valence-corrected chi connectivity index (χ2v) is 4.38. The lowest BCUT2D eigenvalue weighted by atomic mass is 10.0. The van der Waals surface area contributed by atoms with Crippen LogP contribution in [0.5, 0.6) is 0 Å². The standard InChI is InChI=1S/C13H16N2O4/c1-2-15-10-7-8(9(14)4-6-12(16)17)3-5-11(10)19-13(15)18/h3,5,7,9H,2,4,6,14H2,1H3,(H,16,17). The summed E-state index contributed by atoms with van der Waals surface area (Å²) in [7, 11) is 0. The predicted octanol–water partition coefficient (Wildman–Crippen LogP) is 1.48. The predicted molar refractivity (Wildman–Crippen MR) is 69.9 cm³/mol. The molecule has 2 rings (SSSR count). The van der Waals surface area contributed by atoms with Crippen molar-refractivity contribution in [3.63, 3.8) is 0 Å². The molecular formula is C13H16N2O4. The van der Waals surface area contributed by atoms with Crippen LogP contribution >= 0.6 is 0 Å². The van der Waals surface area contributed by atoms with Gasteiger partial charge in [-0.2, -0.15) is 0 Å². The normalized spacial score (nSPS) is 12.7. The molecule has 1 heterocycles. The molecule has 1 aromatic carbocycles. The van der Waals surface area contributed by atoms with E-state index in [9.17, 15) is 9.59 Å². The Morgan fingerprint density at radius 2 is 2.26 bits per heavy atom. The molecule has 6 heteroatoms. The Hall–Kier alpha value is -2.08. The zero-order chi connectivity index (χ0) is 14.0. The van der Waals surface area contributed by atoms with Crippen molar-refractivity contribution >= 4 is 17.1 Å². The van der Waals surface area contributed by atoms with Crippen LogP contribution in [0.3, 0.4) is 0 Å². The molecule has 102 valence electrons. The Balaban J connectivity index is 2.34. The van der Waals surface area contributed by atoms with E-state index in [2.05, 4.69) is 0 Å². The van der Waals surface area contributed by atoms with E-state index in [1.807, 2.05) is 6.92 Å². The Labute approximate surface area is 109 Å². The van der Waals surface area contributed by atoms with E-state index < -0.39 is 11.7 Å². The quantitative estimate of drug-likeness (QED) is 0.852. The smallest absolute Gasteiger partial charge is 0.419 e. The second-order valence-electron chi connectivity index (χ2n) is 4.38. The average molecular weight is 264 g/mol. The molecule has 0 saturated carbocycles. The van der Waals surface area contributed by atoms with E-state index >= 15 is 0 Å². The zero-order valence-electron chi connectivity index (χ0n) is 10.6. The number of fused-ring (bicyclic) bond motifs is 1. The molecule has 1 atom stereocenters. The van der Waals surface area contributed by atoms with Crippen LogP contribution in [0, 0.1) is 0 Å². The molecule has 1 unspecified atom stereocenters. The lowest BCUT2D eigenvalue weighted by Gasteiger charge is -2.10. The highest BCUT2D eigenvalue weighted by atomic mass is 16.4. The number of aryl methyl sites for hydroxylation is 1. The maximum absolute atomic E-state index is 11.6. The molecule has 0 aliphatic rings. The third kappa shape index (κ3) is 2.68. The van der Waals surface area contributed by atoms with Crippen LogP contribution in [-0.2, 0) is 11.3 Å². The summed E-state index contributed by atoms with van der Waals surface area (Å²) in [6.07, 6.45) is 0.375. The maximum atomic E-state index is 11.6. The van der Waals surface area contributed by atoms with E-state index in [0.29, 0.717) is 24.1 Å². The summed E-state index contributed by atoms with van der Waals surface area (Å²) in [6, 6.07) is 4.88. The fourth-order valence-electron chi connectivity index (χ4n) is 2.05. The molecule has 1 aromatic heterocycles. The van der Waals surface area contributed by atoms with Crippen LogP contribution in [0.1, 0.15) is 31.4 Å². The van der Waals surface area contributed by atoms with Crippen molar-refractivity contribution in [2.75, 3.05) is 0 Å². The summed E-state index contributed by atoms with van der Waals surface area (Å²) in [6.45, 7) is 2.37. The number of rotatable bonds is 5. The number of hydrogen-bond donors (Lipinski definition) is 2. The number of oxazole rings is 1. The monoisotopic (exact) mass is 264 g/mol. The van der Waals surface area contributed by atoms with Crippen molar-refractivity contribution < 1.29 is 14.3 Å². The van der Waals surface area contributed by atoms with E-state index in [-0.39, 0.29) is 12.5 Å². The van der Waals surface area contributed by atoms with Crippen molar-refractivity contribution in [2.24, 2.45) is 5.73 Å². The highest BCUT2D eigenvalue weighted by molar-refractivity contribution is 5.74. The second kappa shape index (κ2) is 5.27. The molecule has 3 N–H and O–H groups in total. The van der Waals surface area contributed by atoms with Gasteiger partial charge in [-0.1, -0.05) is 6.07 Å². The van der Waals surface area contributed by atoms with Gasteiger partial charge >= 0.3 is 11.7 Å². The average Bonchev–Trinajstić information content (AvgIpc) is 2.70. The number of nitrogens with two attached hydrogens (primary N) is 1. The number of benzene rings is 1. The maximum Gasteiger partial charge on any atom is 0.419 e. The van der Waals surface area contributed by atoms with E-state index in [0.717, 1.165) is 5.56 Å². The Bertz CT molecular complexity index is 656. The molecular weight excluding hydrogens is 248 g/mol. The van der Waals surface area contributed by atoms with Gasteiger partial charge in [0.05, 0.1) is 5.52 Å². The third-order valence-corrected chi connectivity index (χ3v) is 3.11. The first-order chi connectivity index (χ1) is 9.02. The molecule has 6 nitrogen and oxygen atoms in total. The Kier molecular flexibility index (Phi) is 3.71. The summed E-state index contributed by atoms with van der Waals surface area (Å²) < 4.78 is 6.61. The molecule has 0 saturated heterocycles. The van der Waals surface area contributed by atoms with E-state index in [1.165, 1.54) is 4.57 Å². The molecule has 0 amide bonds. The number of carboxylic acid groups (broad SMARTS) is 1. The topological polar surface area (TPSA) is 98.5 Å². The van der Waals surface area contributed by atoms with Crippen molar-refractivity contribution in [3.8, 4) is 0 Å². The number of hydrogen-bond acceptors (Lipinski definition) is 4. The lowest BCUT2D eigenvalue weighted by molar-refractivity contribution is -0.137. The van der Waals surface area contributed by atoms with Gasteiger partial charge in [-0.3, -0.25) is 9.36 Å². The fourth-order valence-corrected chi connectivity index (χ4v) is 2.05. The van der Waals surface area contributed by atoms with E-state index in [4.69, 9.17) is 15.3 Å². The summed E-state index contributed by atoms with van der Waals surface area (Å²) >= 11 is 0. The molecule has 0 aliphatic carbocycles. The lowest BCUT2D eigenvalue weighted by Crippen LogP contribution is -2.14. The SMILES string of the molecule is CCn1c(=O)oc2ccc(C(N)CCC(=O)O)cc21. The van der Waals surface area contributed by atoms with Gasteiger partial charge in [0.15, 0.2) is 5.58 Å². The van der Waals surface area contributed by atoms with Gasteiger partial charge in [0.1, 0.15) is 0 Å². The molecule has 0 spiro atoms. The van der Waals surface area contributed by atoms with Gasteiger partial charge in [-0.15, -0.1) is 0 Å². The summed E-state index contributed by atoms with van der Waals surface area (Å²) in [5.74, 6) is -1.26. The minimum absolute atomic E-state index is 0.0190. The fraction of sp³-hybridized carbons (Fsp3) is 0.385. The highest BCUT2D eigenvalue weighted by Crippen LogP contribution is 2.21. The van der Waals surface area contributed by atoms with Crippen LogP contribution in [0.2, 0.25) is 0 Å². The Morgan fingerprint density at radius 3 is 2.89 bits per heavy atom. The molecule has 0 aliphatic heterocycles. The largest absolute Gasteiger partial charge is 0.481 e. The first kappa shape index (κ1) is 13.4. The first-order valence-electron chi connectivity index (χ1n) is 6.13. The van der Waals surface area contributed by atoms with Crippen molar-refractivity contribution in [2.45, 2.75) is 32.4 Å². The van der Waals surface area contributed by atoms with Gasteiger partial charge in [0.25, 0.3) is 0 Å². The van der Waals surface area contributed by atoms with Crippen LogP contribution < -0.4 is 11.5 Å². The van der Waals surface area contributed by atoms with Crippen LogP contribution in [0.4, 0.5) is 0 Å². The van der Waals surface area contributed by atoms with Crippen molar-refractivity contribution in [1.29, 1.82) is 0 Å². The number of aromatic nitrogens is 1. The molecule has 0 fully saturated rings. The van der Waals surface area contributed by atoms with Crippen LogP contribution in [0.15, 0.2) is 27.4 Å². The summed E-state index contributed by atoms with van der Waals surface area (Å²) in [5, 5.41) is 8.65. The first-order valence-corrected chi connectivity index (χ1v) is 6.13.